The number of fused-ring (bicyclic) bond motifs is 3. The first-order valence-corrected chi connectivity index (χ1v) is 12.7. The molecule has 2 amide bonds. The number of halogens is 3. The fraction of sp³-hybridized carbons (Fsp3) is 0.357. The van der Waals surface area contributed by atoms with Crippen LogP contribution in [-0.2, 0) is 19.4 Å². The molecule has 2 aliphatic rings. The number of hydrogen-bond acceptors (Lipinski definition) is 5. The number of aromatic nitrogens is 2. The highest BCUT2D eigenvalue weighted by molar-refractivity contribution is 6.07. The molecule has 40 heavy (non-hydrogen) atoms. The predicted molar refractivity (Wildman–Crippen MR) is 139 cm³/mol. The second kappa shape index (κ2) is 9.89. The average Bonchev–Trinajstić information content (AvgIpc) is 3.48. The van der Waals surface area contributed by atoms with E-state index in [4.69, 9.17) is 4.74 Å². The van der Waals surface area contributed by atoms with Crippen molar-refractivity contribution in [3.05, 3.63) is 69.3 Å². The van der Waals surface area contributed by atoms with Crippen LogP contribution in [0.3, 0.4) is 0 Å². The van der Waals surface area contributed by atoms with Crippen LogP contribution in [0, 0.1) is 11.3 Å². The number of nitrogens with zero attached hydrogens (tertiary/aromatic N) is 3. The predicted octanol–water partition coefficient (Wildman–Crippen LogP) is 4.28. The van der Waals surface area contributed by atoms with E-state index in [-0.39, 0.29) is 40.5 Å². The van der Waals surface area contributed by atoms with Gasteiger partial charge >= 0.3 is 6.18 Å². The zero-order valence-corrected chi connectivity index (χ0v) is 21.8. The molecule has 5 rings (SSSR count). The molecule has 3 aromatic rings. The molecule has 0 aliphatic carbocycles. The van der Waals surface area contributed by atoms with E-state index in [1.807, 2.05) is 0 Å². The molecule has 0 spiro atoms. The number of benzene rings is 1. The van der Waals surface area contributed by atoms with E-state index in [1.165, 1.54) is 42.5 Å². The smallest absolute Gasteiger partial charge is 0.393 e. The average molecular weight is 554 g/mol. The van der Waals surface area contributed by atoms with Crippen LogP contribution in [0.1, 0.15) is 51.7 Å². The number of nitriles is 1. The summed E-state index contributed by atoms with van der Waals surface area (Å²) in [7, 11) is 1.37. The molecule has 12 heteroatoms. The Balaban J connectivity index is 1.64. The van der Waals surface area contributed by atoms with E-state index in [2.05, 4.69) is 16.4 Å². The molecule has 1 fully saturated rings. The van der Waals surface area contributed by atoms with Gasteiger partial charge in [-0.2, -0.15) is 18.4 Å². The molecule has 1 saturated heterocycles. The number of aryl methyl sites for hydroxylation is 1. The first-order valence-electron chi connectivity index (χ1n) is 12.7. The number of carbonyl (C=O) groups is 2. The molecule has 2 aromatic heterocycles. The summed E-state index contributed by atoms with van der Waals surface area (Å²) in [5, 5.41) is 12.2. The first kappa shape index (κ1) is 27.1. The molecule has 4 heterocycles. The van der Waals surface area contributed by atoms with Crippen molar-refractivity contribution in [2.24, 2.45) is 0 Å². The monoisotopic (exact) mass is 553 g/mol. The van der Waals surface area contributed by atoms with Gasteiger partial charge in [0.05, 0.1) is 30.9 Å². The molecule has 0 radical (unpaired) electrons. The van der Waals surface area contributed by atoms with Crippen LogP contribution in [-0.4, -0.2) is 51.6 Å². The zero-order valence-electron chi connectivity index (χ0n) is 21.8. The van der Waals surface area contributed by atoms with Crippen molar-refractivity contribution in [1.29, 1.82) is 5.26 Å². The van der Waals surface area contributed by atoms with Crippen molar-refractivity contribution in [1.82, 2.24) is 14.5 Å². The van der Waals surface area contributed by atoms with Gasteiger partial charge in [-0.1, -0.05) is 0 Å². The fourth-order valence-corrected chi connectivity index (χ4v) is 5.56. The van der Waals surface area contributed by atoms with Crippen molar-refractivity contribution < 1.29 is 27.5 Å². The van der Waals surface area contributed by atoms with Gasteiger partial charge in [-0.3, -0.25) is 14.4 Å². The highest BCUT2D eigenvalue weighted by Crippen LogP contribution is 2.41. The Morgan fingerprint density at radius 2 is 2.02 bits per heavy atom. The number of pyridine rings is 1. The minimum atomic E-state index is -4.56. The third-order valence-corrected chi connectivity index (χ3v) is 7.51. The molecule has 0 bridgehead atoms. The maximum absolute atomic E-state index is 13.7. The summed E-state index contributed by atoms with van der Waals surface area (Å²) in [4.78, 5) is 42.8. The van der Waals surface area contributed by atoms with Gasteiger partial charge in [-0.15, -0.1) is 0 Å². The molecular formula is C28H26F3N5O4. The van der Waals surface area contributed by atoms with E-state index >= 15 is 0 Å². The third kappa shape index (κ3) is 4.72. The normalized spacial score (nSPS) is 18.1. The number of aromatic amines is 1. The summed E-state index contributed by atoms with van der Waals surface area (Å²) in [5.74, 6) is -0.996. The van der Waals surface area contributed by atoms with Crippen molar-refractivity contribution in [3.8, 4) is 23.1 Å². The van der Waals surface area contributed by atoms with E-state index in [9.17, 15) is 32.8 Å². The minimum Gasteiger partial charge on any atom is -0.496 e. The lowest BCUT2D eigenvalue weighted by atomic mass is 9.92. The molecular weight excluding hydrogens is 527 g/mol. The van der Waals surface area contributed by atoms with Gasteiger partial charge in [0.1, 0.15) is 22.7 Å². The van der Waals surface area contributed by atoms with E-state index in [1.54, 1.807) is 17.6 Å². The van der Waals surface area contributed by atoms with Crippen molar-refractivity contribution >= 4 is 17.5 Å². The fourth-order valence-electron chi connectivity index (χ4n) is 5.56. The number of ether oxygens (including phenoxy) is 1. The summed E-state index contributed by atoms with van der Waals surface area (Å²) in [6.07, 6.45) is -2.97. The van der Waals surface area contributed by atoms with Crippen LogP contribution >= 0.6 is 0 Å². The Bertz CT molecular complexity index is 1620. The number of amides is 2. The number of rotatable bonds is 5. The molecule has 2 aliphatic heterocycles. The maximum atomic E-state index is 13.7. The Hall–Kier alpha value is -4.53. The van der Waals surface area contributed by atoms with Crippen LogP contribution in [0.2, 0.25) is 0 Å². The van der Waals surface area contributed by atoms with E-state index in [0.717, 1.165) is 0 Å². The molecule has 1 atom stereocenters. The SMILES string of the molecule is COc1cc2c(cc1C(=O)Nc1ccc[nH]c1=O)-c1c(CC(F)(F)F)cc(C(=O)N3CCC[C@]3(C)C#N)n1CC2. The van der Waals surface area contributed by atoms with Crippen LogP contribution in [0.5, 0.6) is 5.75 Å². The largest absolute Gasteiger partial charge is 0.496 e. The molecule has 2 N–H and O–H groups in total. The Kier molecular flexibility index (Phi) is 6.69. The first-order chi connectivity index (χ1) is 19.0. The van der Waals surface area contributed by atoms with Crippen LogP contribution in [0.15, 0.2) is 41.3 Å². The molecule has 9 nitrogen and oxygen atoms in total. The highest BCUT2D eigenvalue weighted by atomic mass is 19.4. The number of H-pyrrole nitrogens is 1. The second-order valence-corrected chi connectivity index (χ2v) is 10.1. The number of likely N-dealkylation sites (tertiary alicyclic amines) is 1. The Morgan fingerprint density at radius 1 is 1.25 bits per heavy atom. The van der Waals surface area contributed by atoms with Gasteiger partial charge < -0.3 is 24.5 Å². The topological polar surface area (TPSA) is 120 Å². The van der Waals surface area contributed by atoms with Crippen LogP contribution in [0.25, 0.3) is 11.3 Å². The van der Waals surface area contributed by atoms with Crippen LogP contribution in [0.4, 0.5) is 18.9 Å². The van der Waals surface area contributed by atoms with Gasteiger partial charge in [-0.25, -0.2) is 0 Å². The number of nitrogens with one attached hydrogen (secondary N) is 2. The number of hydrogen-bond donors (Lipinski definition) is 2. The third-order valence-electron chi connectivity index (χ3n) is 7.51. The quantitative estimate of drug-likeness (QED) is 0.489. The summed E-state index contributed by atoms with van der Waals surface area (Å²) >= 11 is 0. The zero-order chi connectivity index (χ0) is 28.8. The Labute approximate surface area is 227 Å². The standard InChI is InChI=1S/C28H26F3N5O4/c1-27(15-32)7-4-9-36(27)26(39)21-11-17(14-28(29,30)31)23-18-13-19(22(40-2)12-16(18)6-10-35(21)23)24(37)34-20-5-3-8-33-25(20)38/h3,5,8,11-13H,4,6-7,9-10,14H2,1-2H3,(H,33,38)(H,34,37)/t27-/m1/s1. The van der Waals surface area contributed by atoms with Crippen molar-refractivity contribution in [3.63, 3.8) is 0 Å². The lowest BCUT2D eigenvalue weighted by Gasteiger charge is -2.30. The lowest BCUT2D eigenvalue weighted by Crippen LogP contribution is -2.44. The molecule has 0 saturated carbocycles. The Morgan fingerprint density at radius 3 is 2.70 bits per heavy atom. The van der Waals surface area contributed by atoms with Gasteiger partial charge in [-0.05, 0) is 67.6 Å². The molecule has 0 unspecified atom stereocenters. The summed E-state index contributed by atoms with van der Waals surface area (Å²) in [6, 6.07) is 9.42. The van der Waals surface area contributed by atoms with E-state index in [0.29, 0.717) is 36.9 Å². The summed E-state index contributed by atoms with van der Waals surface area (Å²) in [6.45, 7) is 2.21. The summed E-state index contributed by atoms with van der Waals surface area (Å²) < 4.78 is 48.1. The number of methoxy groups -OCH3 is 1. The highest BCUT2D eigenvalue weighted by Gasteiger charge is 2.42. The van der Waals surface area contributed by atoms with Gasteiger partial charge in [0.15, 0.2) is 0 Å². The second-order valence-electron chi connectivity index (χ2n) is 10.1. The minimum absolute atomic E-state index is 0.00699. The summed E-state index contributed by atoms with van der Waals surface area (Å²) in [5.41, 5.74) is -0.394. The van der Waals surface area contributed by atoms with Gasteiger partial charge in [0.2, 0.25) is 0 Å². The maximum Gasteiger partial charge on any atom is 0.393 e. The number of alkyl halides is 3. The van der Waals surface area contributed by atoms with Gasteiger partial charge in [0.25, 0.3) is 17.4 Å². The van der Waals surface area contributed by atoms with E-state index < -0.39 is 35.5 Å². The number of carbonyl (C=O) groups excluding carboxylic acids is 2. The molecule has 1 aromatic carbocycles. The van der Waals surface area contributed by atoms with Crippen molar-refractivity contribution in [2.45, 2.75) is 50.9 Å². The van der Waals surface area contributed by atoms with Gasteiger partial charge in [0, 0.05) is 24.8 Å². The van der Waals surface area contributed by atoms with Crippen LogP contribution < -0.4 is 15.6 Å². The lowest BCUT2D eigenvalue weighted by molar-refractivity contribution is -0.127. The number of anilines is 1. The van der Waals surface area contributed by atoms with Crippen molar-refractivity contribution in [2.75, 3.05) is 19.0 Å². The molecule has 208 valence electrons.